The number of nitrogens with one attached hydrogen (secondary N) is 1. The van der Waals surface area contributed by atoms with Crippen LogP contribution >= 0.6 is 27.7 Å². The summed E-state index contributed by atoms with van der Waals surface area (Å²) in [5, 5.41) is 1.82. The van der Waals surface area contributed by atoms with Crippen LogP contribution in [-0.4, -0.2) is 33.1 Å². The molecule has 4 rings (SSSR count). The smallest absolute Gasteiger partial charge is 0.294 e. The van der Waals surface area contributed by atoms with Crippen LogP contribution in [0.15, 0.2) is 76.2 Å². The average Bonchev–Trinajstić information content (AvgIpc) is 3.30. The van der Waals surface area contributed by atoms with E-state index in [1.807, 2.05) is 47.2 Å². The third kappa shape index (κ3) is 4.62. The lowest BCUT2D eigenvalue weighted by molar-refractivity contribution is -0.127. The van der Waals surface area contributed by atoms with E-state index in [-0.39, 0.29) is 10.6 Å². The van der Waals surface area contributed by atoms with Gasteiger partial charge in [-0.3, -0.25) is 19.3 Å². The van der Waals surface area contributed by atoms with Crippen molar-refractivity contribution < 1.29 is 18.8 Å². The van der Waals surface area contributed by atoms with Crippen LogP contribution in [0.3, 0.4) is 0 Å². The van der Waals surface area contributed by atoms with E-state index in [0.29, 0.717) is 5.69 Å². The summed E-state index contributed by atoms with van der Waals surface area (Å²) in [6, 6.07) is 17.0. The Hall–Kier alpha value is -3.17. The number of carbonyl (C=O) groups excluding carboxylic acids is 3. The van der Waals surface area contributed by atoms with Crippen molar-refractivity contribution in [1.29, 1.82) is 0 Å². The summed E-state index contributed by atoms with van der Waals surface area (Å²) in [5.41, 5.74) is 1.59. The van der Waals surface area contributed by atoms with Gasteiger partial charge in [0, 0.05) is 22.1 Å². The number of carbonyl (C=O) groups is 3. The Morgan fingerprint density at radius 1 is 1.06 bits per heavy atom. The first kappa shape index (κ1) is 21.1. The second-order valence-electron chi connectivity index (χ2n) is 6.58. The number of hydrogen-bond acceptors (Lipinski definition) is 4. The first-order valence-electron chi connectivity index (χ1n) is 9.15. The maximum Gasteiger partial charge on any atom is 0.294 e. The predicted octanol–water partition coefficient (Wildman–Crippen LogP) is 5.05. The minimum absolute atomic E-state index is 0.0117. The van der Waals surface area contributed by atoms with Crippen molar-refractivity contribution in [3.05, 3.63) is 87.7 Å². The van der Waals surface area contributed by atoms with Gasteiger partial charge >= 0.3 is 0 Å². The van der Waals surface area contributed by atoms with Crippen LogP contribution in [0.5, 0.6) is 0 Å². The normalized spacial score (nSPS) is 15.0. The summed E-state index contributed by atoms with van der Waals surface area (Å²) in [4.78, 5) is 38.4. The number of hydrogen-bond donors (Lipinski definition) is 1. The van der Waals surface area contributed by atoms with E-state index in [0.717, 1.165) is 26.8 Å². The quantitative estimate of drug-likeness (QED) is 0.498. The summed E-state index contributed by atoms with van der Waals surface area (Å²) >= 11 is 4.16. The zero-order valence-electron chi connectivity index (χ0n) is 15.9. The van der Waals surface area contributed by atoms with Gasteiger partial charge in [0.05, 0.1) is 10.6 Å². The van der Waals surface area contributed by atoms with E-state index in [2.05, 4.69) is 21.2 Å². The molecule has 1 aliphatic rings. The maximum atomic E-state index is 13.7. The fourth-order valence-electron chi connectivity index (χ4n) is 3.02. The zero-order valence-corrected chi connectivity index (χ0v) is 18.3. The highest BCUT2D eigenvalue weighted by atomic mass is 79.9. The van der Waals surface area contributed by atoms with Crippen LogP contribution in [0.25, 0.3) is 11.8 Å². The third-order valence-corrected chi connectivity index (χ3v) is 5.92. The Balaban J connectivity index is 1.51. The minimum Gasteiger partial charge on any atom is -0.322 e. The van der Waals surface area contributed by atoms with Crippen molar-refractivity contribution in [2.75, 3.05) is 11.9 Å². The molecular weight excluding hydrogens is 485 g/mol. The molecule has 1 saturated heterocycles. The van der Waals surface area contributed by atoms with Gasteiger partial charge in [-0.1, -0.05) is 28.1 Å². The molecule has 0 bridgehead atoms. The molecule has 0 saturated carbocycles. The van der Waals surface area contributed by atoms with E-state index in [1.165, 1.54) is 18.2 Å². The molecule has 3 amide bonds. The average molecular weight is 500 g/mol. The molecule has 2 aromatic carbocycles. The van der Waals surface area contributed by atoms with Crippen molar-refractivity contribution in [1.82, 2.24) is 9.47 Å². The largest absolute Gasteiger partial charge is 0.322 e. The van der Waals surface area contributed by atoms with Gasteiger partial charge in [-0.2, -0.15) is 0 Å². The summed E-state index contributed by atoms with van der Waals surface area (Å²) in [7, 11) is 0. The van der Waals surface area contributed by atoms with Gasteiger partial charge in [0.2, 0.25) is 5.91 Å². The molecule has 0 atom stereocenters. The standard InChI is InChI=1S/C22H15BrFN3O3S/c23-14-7-9-15(10-8-14)26-11-3-4-16(26)12-19-21(29)27(22(30)31-19)13-20(28)25-18-6-2-1-5-17(18)24/h1-12H,13H2,(H,25,28). The molecule has 0 unspecified atom stereocenters. The number of halogens is 2. The molecule has 2 heterocycles. The Morgan fingerprint density at radius 2 is 1.81 bits per heavy atom. The second-order valence-corrected chi connectivity index (χ2v) is 8.48. The molecule has 0 spiro atoms. The van der Waals surface area contributed by atoms with Crippen molar-refractivity contribution in [2.24, 2.45) is 0 Å². The van der Waals surface area contributed by atoms with Crippen LogP contribution in [0, 0.1) is 5.82 Å². The first-order chi connectivity index (χ1) is 14.9. The number of rotatable bonds is 5. The minimum atomic E-state index is -0.660. The van der Waals surface area contributed by atoms with E-state index in [9.17, 15) is 18.8 Å². The molecule has 1 fully saturated rings. The van der Waals surface area contributed by atoms with Gasteiger partial charge < -0.3 is 9.88 Å². The van der Waals surface area contributed by atoms with Gasteiger partial charge in [0.1, 0.15) is 12.4 Å². The number of anilines is 1. The number of para-hydroxylation sites is 1. The summed E-state index contributed by atoms with van der Waals surface area (Å²) in [6.45, 7) is -0.496. The number of thioether (sulfide) groups is 1. The molecule has 0 radical (unpaired) electrons. The van der Waals surface area contributed by atoms with Crippen molar-refractivity contribution in [3.8, 4) is 5.69 Å². The second kappa shape index (κ2) is 8.91. The molecule has 3 aromatic rings. The molecule has 0 aliphatic carbocycles. The lowest BCUT2D eigenvalue weighted by Crippen LogP contribution is -2.36. The van der Waals surface area contributed by atoms with Crippen LogP contribution in [-0.2, 0) is 9.59 Å². The third-order valence-electron chi connectivity index (χ3n) is 4.49. The van der Waals surface area contributed by atoms with Gasteiger partial charge in [-0.25, -0.2) is 4.39 Å². The van der Waals surface area contributed by atoms with Crippen LogP contribution in [0.4, 0.5) is 14.9 Å². The molecule has 31 heavy (non-hydrogen) atoms. The van der Waals surface area contributed by atoms with Crippen LogP contribution in [0.2, 0.25) is 0 Å². The molecule has 9 heteroatoms. The monoisotopic (exact) mass is 499 g/mol. The van der Waals surface area contributed by atoms with Crippen molar-refractivity contribution >= 4 is 56.5 Å². The SMILES string of the molecule is O=C(CN1C(=O)SC(=Cc2cccn2-c2ccc(Br)cc2)C1=O)Nc1ccccc1F. The van der Waals surface area contributed by atoms with Gasteiger partial charge in [-0.15, -0.1) is 0 Å². The molecule has 1 aromatic heterocycles. The lowest BCUT2D eigenvalue weighted by Gasteiger charge is -2.12. The molecule has 1 N–H and O–H groups in total. The zero-order chi connectivity index (χ0) is 22.0. The Morgan fingerprint density at radius 3 is 2.55 bits per heavy atom. The Bertz CT molecular complexity index is 1210. The van der Waals surface area contributed by atoms with E-state index >= 15 is 0 Å². The van der Waals surface area contributed by atoms with Crippen LogP contribution in [0.1, 0.15) is 5.69 Å². The van der Waals surface area contributed by atoms with E-state index < -0.39 is 29.4 Å². The van der Waals surface area contributed by atoms with Crippen LogP contribution < -0.4 is 5.32 Å². The highest BCUT2D eigenvalue weighted by molar-refractivity contribution is 9.10. The number of amides is 3. The predicted molar refractivity (Wildman–Crippen MR) is 121 cm³/mol. The number of nitrogens with zero attached hydrogens (tertiary/aromatic N) is 2. The number of imide groups is 1. The summed E-state index contributed by atoms with van der Waals surface area (Å²) in [6.07, 6.45) is 3.46. The van der Waals surface area contributed by atoms with Crippen molar-refractivity contribution in [3.63, 3.8) is 0 Å². The fourth-order valence-corrected chi connectivity index (χ4v) is 4.10. The molecule has 156 valence electrons. The Kier molecular flexibility index (Phi) is 6.06. The summed E-state index contributed by atoms with van der Waals surface area (Å²) in [5.74, 6) is -1.83. The molecular formula is C22H15BrFN3O3S. The molecule has 1 aliphatic heterocycles. The van der Waals surface area contributed by atoms with Gasteiger partial charge in [-0.05, 0) is 66.4 Å². The topological polar surface area (TPSA) is 71.4 Å². The fraction of sp³-hybridized carbons (Fsp3) is 0.0455. The van der Waals surface area contributed by atoms with Crippen molar-refractivity contribution in [2.45, 2.75) is 0 Å². The first-order valence-corrected chi connectivity index (χ1v) is 10.8. The highest BCUT2D eigenvalue weighted by Crippen LogP contribution is 2.32. The molecule has 6 nitrogen and oxygen atoms in total. The van der Waals surface area contributed by atoms with E-state index in [4.69, 9.17) is 0 Å². The van der Waals surface area contributed by atoms with Gasteiger partial charge in [0.15, 0.2) is 0 Å². The summed E-state index contributed by atoms with van der Waals surface area (Å²) < 4.78 is 16.5. The maximum absolute atomic E-state index is 13.7. The lowest BCUT2D eigenvalue weighted by atomic mass is 10.3. The van der Waals surface area contributed by atoms with Gasteiger partial charge in [0.25, 0.3) is 11.1 Å². The highest BCUT2D eigenvalue weighted by Gasteiger charge is 2.36. The van der Waals surface area contributed by atoms with E-state index in [1.54, 1.807) is 12.1 Å². The number of aromatic nitrogens is 1. The Labute approximate surface area is 189 Å². The number of benzene rings is 2.